The summed E-state index contributed by atoms with van der Waals surface area (Å²) in [5, 5.41) is 4.16. The second-order valence-electron chi connectivity index (χ2n) is 6.85. The first-order chi connectivity index (χ1) is 11.7. The van der Waals surface area contributed by atoms with Gasteiger partial charge in [0.2, 0.25) is 5.89 Å². The number of nitrogens with zero attached hydrogens (tertiary/aromatic N) is 2. The van der Waals surface area contributed by atoms with Crippen LogP contribution in [-0.4, -0.2) is 30.4 Å². The molecular weight excluding hydrogens is 342 g/mol. The van der Waals surface area contributed by atoms with E-state index >= 15 is 0 Å². The van der Waals surface area contributed by atoms with Crippen molar-refractivity contribution < 1.29 is 14.0 Å². The van der Waals surface area contributed by atoms with E-state index in [0.717, 1.165) is 5.56 Å². The quantitative estimate of drug-likeness (QED) is 0.877. The molecule has 6 nitrogen and oxygen atoms in total. The fourth-order valence-electron chi connectivity index (χ4n) is 4.35. The number of nitrogens with two attached hydrogens (primary N) is 1. The summed E-state index contributed by atoms with van der Waals surface area (Å²) < 4.78 is 16.2. The van der Waals surface area contributed by atoms with Gasteiger partial charge in [0.25, 0.3) is 0 Å². The van der Waals surface area contributed by atoms with E-state index in [1.807, 2.05) is 18.2 Å². The van der Waals surface area contributed by atoms with Gasteiger partial charge in [0.1, 0.15) is 0 Å². The van der Waals surface area contributed by atoms with Gasteiger partial charge in [-0.2, -0.15) is 4.98 Å². The molecule has 0 saturated heterocycles. The van der Waals surface area contributed by atoms with E-state index in [-0.39, 0.29) is 24.4 Å². The highest BCUT2D eigenvalue weighted by Crippen LogP contribution is 2.51. The van der Waals surface area contributed by atoms with Gasteiger partial charge in [0.05, 0.1) is 20.1 Å². The zero-order chi connectivity index (χ0) is 16.7. The molecule has 1 aromatic carbocycles. The fraction of sp³-hybridized carbons (Fsp3) is 0.556. The van der Waals surface area contributed by atoms with Crippen LogP contribution in [-0.2, 0) is 6.42 Å². The first-order valence-corrected chi connectivity index (χ1v) is 8.48. The predicted molar refractivity (Wildman–Crippen MR) is 95.4 cm³/mol. The molecule has 4 atom stereocenters. The van der Waals surface area contributed by atoms with E-state index in [2.05, 4.69) is 10.1 Å². The van der Waals surface area contributed by atoms with Crippen molar-refractivity contribution >= 4 is 12.4 Å². The summed E-state index contributed by atoms with van der Waals surface area (Å²) in [5.74, 6) is 4.28. The standard InChI is InChI=1S/C18H23N3O3.ClH/c1-22-13-6-3-10(7-14(13)23-2)8-15-20-18(24-21-15)16-11-4-5-12(9-11)17(16)19;/h3,6-7,11-12,16-17H,4-5,8-9,19H2,1-2H3;1H. The van der Waals surface area contributed by atoms with E-state index in [1.165, 1.54) is 19.3 Å². The Kier molecular flexibility index (Phi) is 5.20. The topological polar surface area (TPSA) is 83.4 Å². The van der Waals surface area contributed by atoms with E-state index in [4.69, 9.17) is 19.7 Å². The Bertz CT molecular complexity index is 734. The maximum absolute atomic E-state index is 6.37. The zero-order valence-corrected chi connectivity index (χ0v) is 15.3. The maximum atomic E-state index is 6.37. The zero-order valence-electron chi connectivity index (χ0n) is 14.5. The van der Waals surface area contributed by atoms with Crippen LogP contribution in [0.4, 0.5) is 0 Å². The number of aromatic nitrogens is 2. The molecule has 0 radical (unpaired) electrons. The number of benzene rings is 1. The fourth-order valence-corrected chi connectivity index (χ4v) is 4.35. The van der Waals surface area contributed by atoms with Crippen molar-refractivity contribution in [3.8, 4) is 11.5 Å². The second kappa shape index (κ2) is 7.22. The molecule has 4 rings (SSSR count). The number of methoxy groups -OCH3 is 2. The Labute approximate surface area is 153 Å². The molecule has 4 unspecified atom stereocenters. The molecule has 2 N–H and O–H groups in total. The van der Waals surface area contributed by atoms with Gasteiger partial charge in [-0.25, -0.2) is 0 Å². The first kappa shape index (κ1) is 18.0. The molecule has 25 heavy (non-hydrogen) atoms. The lowest BCUT2D eigenvalue weighted by Crippen LogP contribution is -2.34. The average molecular weight is 366 g/mol. The maximum Gasteiger partial charge on any atom is 0.231 e. The van der Waals surface area contributed by atoms with E-state index in [0.29, 0.717) is 41.5 Å². The summed E-state index contributed by atoms with van der Waals surface area (Å²) in [6.07, 6.45) is 4.28. The summed E-state index contributed by atoms with van der Waals surface area (Å²) in [6.45, 7) is 0. The third kappa shape index (κ3) is 3.20. The van der Waals surface area contributed by atoms with Gasteiger partial charge in [-0.15, -0.1) is 12.4 Å². The van der Waals surface area contributed by atoms with Crippen molar-refractivity contribution in [2.45, 2.75) is 37.6 Å². The Morgan fingerprint density at radius 2 is 1.92 bits per heavy atom. The van der Waals surface area contributed by atoms with Crippen LogP contribution in [0.3, 0.4) is 0 Å². The van der Waals surface area contributed by atoms with Crippen LogP contribution < -0.4 is 15.2 Å². The Balaban J connectivity index is 0.00000182. The number of hydrogen-bond acceptors (Lipinski definition) is 6. The van der Waals surface area contributed by atoms with Crippen molar-refractivity contribution in [2.24, 2.45) is 17.6 Å². The molecule has 2 bridgehead atoms. The Morgan fingerprint density at radius 1 is 1.16 bits per heavy atom. The van der Waals surface area contributed by atoms with Crippen LogP contribution in [0.5, 0.6) is 11.5 Å². The third-order valence-electron chi connectivity index (χ3n) is 5.56. The summed E-state index contributed by atoms with van der Waals surface area (Å²) in [5.41, 5.74) is 7.42. The molecule has 1 aromatic heterocycles. The molecule has 0 aliphatic heterocycles. The molecule has 2 fully saturated rings. The smallest absolute Gasteiger partial charge is 0.231 e. The summed E-state index contributed by atoms with van der Waals surface area (Å²) in [4.78, 5) is 4.62. The molecule has 1 heterocycles. The highest BCUT2D eigenvalue weighted by molar-refractivity contribution is 5.85. The van der Waals surface area contributed by atoms with Crippen LogP contribution in [0.25, 0.3) is 0 Å². The molecule has 0 amide bonds. The van der Waals surface area contributed by atoms with Gasteiger partial charge in [-0.1, -0.05) is 11.2 Å². The van der Waals surface area contributed by atoms with E-state index in [1.54, 1.807) is 14.2 Å². The van der Waals surface area contributed by atoms with Crippen molar-refractivity contribution in [1.29, 1.82) is 0 Å². The Hall–Kier alpha value is -1.79. The van der Waals surface area contributed by atoms with Crippen molar-refractivity contribution in [3.05, 3.63) is 35.5 Å². The van der Waals surface area contributed by atoms with Gasteiger partial charge in [-0.3, -0.25) is 0 Å². The SMILES string of the molecule is COc1ccc(Cc2noc(C3C4CCC(C4)C3N)n2)cc1OC.Cl. The monoisotopic (exact) mass is 365 g/mol. The van der Waals surface area contributed by atoms with Crippen LogP contribution in [0, 0.1) is 11.8 Å². The second-order valence-corrected chi connectivity index (χ2v) is 6.85. The highest BCUT2D eigenvalue weighted by Gasteiger charge is 2.48. The van der Waals surface area contributed by atoms with Crippen LogP contribution in [0.2, 0.25) is 0 Å². The number of fused-ring (bicyclic) bond motifs is 2. The van der Waals surface area contributed by atoms with E-state index in [9.17, 15) is 0 Å². The van der Waals surface area contributed by atoms with Crippen LogP contribution in [0.1, 0.15) is 42.5 Å². The Morgan fingerprint density at radius 3 is 2.60 bits per heavy atom. The van der Waals surface area contributed by atoms with Crippen molar-refractivity contribution in [1.82, 2.24) is 10.1 Å². The predicted octanol–water partition coefficient (Wildman–Crippen LogP) is 2.94. The average Bonchev–Trinajstić information content (AvgIpc) is 3.31. The van der Waals surface area contributed by atoms with Gasteiger partial charge in [-0.05, 0) is 48.8 Å². The van der Waals surface area contributed by atoms with Crippen LogP contribution in [0.15, 0.2) is 22.7 Å². The highest BCUT2D eigenvalue weighted by atomic mass is 35.5. The lowest BCUT2D eigenvalue weighted by Gasteiger charge is -2.24. The minimum absolute atomic E-state index is 0. The molecule has 2 aliphatic rings. The number of hydrogen-bond donors (Lipinski definition) is 1. The summed E-state index contributed by atoms with van der Waals surface area (Å²) in [7, 11) is 3.26. The van der Waals surface area contributed by atoms with Gasteiger partial charge in [0.15, 0.2) is 17.3 Å². The number of rotatable bonds is 5. The van der Waals surface area contributed by atoms with Crippen molar-refractivity contribution in [2.75, 3.05) is 14.2 Å². The molecule has 2 aromatic rings. The molecule has 136 valence electrons. The summed E-state index contributed by atoms with van der Waals surface area (Å²) >= 11 is 0. The van der Waals surface area contributed by atoms with Gasteiger partial charge < -0.3 is 19.7 Å². The van der Waals surface area contributed by atoms with Crippen molar-refractivity contribution in [3.63, 3.8) is 0 Å². The molecule has 2 saturated carbocycles. The molecule has 2 aliphatic carbocycles. The minimum atomic E-state index is 0. The largest absolute Gasteiger partial charge is 0.493 e. The number of ether oxygens (including phenoxy) is 2. The lowest BCUT2D eigenvalue weighted by molar-refractivity contribution is 0.278. The third-order valence-corrected chi connectivity index (χ3v) is 5.56. The molecule has 7 heteroatoms. The normalized spacial score (nSPS) is 27.2. The lowest BCUT2D eigenvalue weighted by atomic mass is 9.85. The first-order valence-electron chi connectivity index (χ1n) is 8.48. The number of halogens is 1. The van der Waals surface area contributed by atoms with Gasteiger partial charge >= 0.3 is 0 Å². The molecular formula is C18H24ClN3O3. The van der Waals surface area contributed by atoms with E-state index < -0.39 is 0 Å². The molecule has 0 spiro atoms. The van der Waals surface area contributed by atoms with Crippen LogP contribution >= 0.6 is 12.4 Å². The summed E-state index contributed by atoms with van der Waals surface area (Å²) in [6, 6.07) is 5.98. The minimum Gasteiger partial charge on any atom is -0.493 e. The van der Waals surface area contributed by atoms with Gasteiger partial charge in [0, 0.05) is 12.5 Å².